The van der Waals surface area contributed by atoms with Gasteiger partial charge in [-0.2, -0.15) is 0 Å². The van der Waals surface area contributed by atoms with Gasteiger partial charge in [0.1, 0.15) is 11.4 Å². The van der Waals surface area contributed by atoms with Gasteiger partial charge in [0.15, 0.2) is 5.72 Å². The van der Waals surface area contributed by atoms with Crippen molar-refractivity contribution in [3.8, 4) is 0 Å². The van der Waals surface area contributed by atoms with E-state index in [1.807, 2.05) is 0 Å². The van der Waals surface area contributed by atoms with Crippen LogP contribution in [0.25, 0.3) is 0 Å². The molecule has 1 aromatic carbocycles. The van der Waals surface area contributed by atoms with Crippen molar-refractivity contribution in [3.63, 3.8) is 0 Å². The molecular weight excluding hydrogens is 209 g/mol. The molecule has 1 rings (SSSR count). The fourth-order valence-electron chi connectivity index (χ4n) is 1.46. The van der Waals surface area contributed by atoms with Gasteiger partial charge in [-0.15, -0.1) is 0 Å². The molecule has 2 unspecified atom stereocenters. The van der Waals surface area contributed by atoms with E-state index in [1.165, 1.54) is 25.1 Å². The second kappa shape index (κ2) is 4.13. The summed E-state index contributed by atoms with van der Waals surface area (Å²) in [6, 6.07) is 5.30. The lowest BCUT2D eigenvalue weighted by atomic mass is 9.79. The third kappa shape index (κ3) is 2.09. The summed E-state index contributed by atoms with van der Waals surface area (Å²) in [7, 11) is 0. The summed E-state index contributed by atoms with van der Waals surface area (Å²) in [6.45, 7) is 4.90. The molecule has 1 aromatic rings. The molecule has 3 nitrogen and oxygen atoms in total. The molecule has 0 heterocycles. The Kier molecular flexibility index (Phi) is 3.38. The standard InChI is InChI=1S/C12H18FNO2/c1-8(2)11(3,15)12(14,16)9-5-4-6-10(13)7-9/h4-8,15-16H,14H2,1-3H3. The first-order valence-electron chi connectivity index (χ1n) is 5.19. The van der Waals surface area contributed by atoms with E-state index in [-0.39, 0.29) is 11.5 Å². The first kappa shape index (κ1) is 13.1. The highest BCUT2D eigenvalue weighted by molar-refractivity contribution is 5.25. The van der Waals surface area contributed by atoms with Crippen LogP contribution in [0.15, 0.2) is 24.3 Å². The van der Waals surface area contributed by atoms with Gasteiger partial charge < -0.3 is 10.2 Å². The second-order valence-corrected chi connectivity index (χ2v) is 4.58. The van der Waals surface area contributed by atoms with E-state index in [9.17, 15) is 14.6 Å². The molecule has 0 saturated carbocycles. The van der Waals surface area contributed by atoms with Gasteiger partial charge in [0.25, 0.3) is 0 Å². The minimum Gasteiger partial charge on any atom is -0.385 e. The second-order valence-electron chi connectivity index (χ2n) is 4.58. The van der Waals surface area contributed by atoms with E-state index in [2.05, 4.69) is 0 Å². The number of aliphatic hydroxyl groups is 2. The summed E-state index contributed by atoms with van der Waals surface area (Å²) in [4.78, 5) is 0. The molecule has 4 N–H and O–H groups in total. The molecule has 0 spiro atoms. The quantitative estimate of drug-likeness (QED) is 0.683. The molecular formula is C12H18FNO2. The molecule has 4 heteroatoms. The highest BCUT2D eigenvalue weighted by Gasteiger charge is 2.46. The summed E-state index contributed by atoms with van der Waals surface area (Å²) in [5.41, 5.74) is 2.36. The van der Waals surface area contributed by atoms with Gasteiger partial charge in [-0.25, -0.2) is 4.39 Å². The van der Waals surface area contributed by atoms with E-state index in [4.69, 9.17) is 5.73 Å². The van der Waals surface area contributed by atoms with Gasteiger partial charge in [0, 0.05) is 5.56 Å². The van der Waals surface area contributed by atoms with Crippen LogP contribution in [-0.4, -0.2) is 15.8 Å². The van der Waals surface area contributed by atoms with Gasteiger partial charge in [-0.05, 0) is 25.0 Å². The van der Waals surface area contributed by atoms with E-state index >= 15 is 0 Å². The number of hydrogen-bond acceptors (Lipinski definition) is 3. The summed E-state index contributed by atoms with van der Waals surface area (Å²) in [5, 5.41) is 20.3. The Balaban J connectivity index is 3.20. The first-order chi connectivity index (χ1) is 7.19. The van der Waals surface area contributed by atoms with Crippen molar-refractivity contribution in [3.05, 3.63) is 35.6 Å². The minimum absolute atomic E-state index is 0.159. The van der Waals surface area contributed by atoms with Crippen molar-refractivity contribution in [2.45, 2.75) is 32.1 Å². The van der Waals surface area contributed by atoms with Crippen molar-refractivity contribution in [1.29, 1.82) is 0 Å². The van der Waals surface area contributed by atoms with Crippen LogP contribution in [0.4, 0.5) is 4.39 Å². The molecule has 2 atom stereocenters. The average Bonchev–Trinajstić information content (AvgIpc) is 2.17. The number of nitrogens with two attached hydrogens (primary N) is 1. The third-order valence-corrected chi connectivity index (χ3v) is 3.16. The van der Waals surface area contributed by atoms with E-state index in [1.54, 1.807) is 13.8 Å². The third-order valence-electron chi connectivity index (χ3n) is 3.16. The van der Waals surface area contributed by atoms with Crippen LogP contribution < -0.4 is 5.73 Å². The van der Waals surface area contributed by atoms with Gasteiger partial charge >= 0.3 is 0 Å². The smallest absolute Gasteiger partial charge is 0.168 e. The van der Waals surface area contributed by atoms with Crippen molar-refractivity contribution in [2.75, 3.05) is 0 Å². The molecule has 0 radical (unpaired) electrons. The Morgan fingerprint density at radius 2 is 1.88 bits per heavy atom. The van der Waals surface area contributed by atoms with Gasteiger partial charge in [-0.3, -0.25) is 5.73 Å². The Hall–Kier alpha value is -0.970. The summed E-state index contributed by atoms with van der Waals surface area (Å²) in [6.07, 6.45) is 0. The fraction of sp³-hybridized carbons (Fsp3) is 0.500. The Morgan fingerprint density at radius 1 is 1.31 bits per heavy atom. The van der Waals surface area contributed by atoms with Crippen molar-refractivity contribution in [2.24, 2.45) is 11.7 Å². The highest BCUT2D eigenvalue weighted by atomic mass is 19.1. The molecule has 0 bridgehead atoms. The van der Waals surface area contributed by atoms with Gasteiger partial charge in [-0.1, -0.05) is 26.0 Å². The maximum Gasteiger partial charge on any atom is 0.168 e. The zero-order chi connectivity index (χ0) is 12.6. The van der Waals surface area contributed by atoms with Crippen LogP contribution in [0.3, 0.4) is 0 Å². The van der Waals surface area contributed by atoms with Crippen LogP contribution in [0.2, 0.25) is 0 Å². The van der Waals surface area contributed by atoms with Crippen LogP contribution in [0.1, 0.15) is 26.3 Å². The fourth-order valence-corrected chi connectivity index (χ4v) is 1.46. The summed E-state index contributed by atoms with van der Waals surface area (Å²) >= 11 is 0. The van der Waals surface area contributed by atoms with Crippen molar-refractivity contribution >= 4 is 0 Å². The predicted molar refractivity (Wildman–Crippen MR) is 59.9 cm³/mol. The topological polar surface area (TPSA) is 66.5 Å². The number of benzene rings is 1. The maximum atomic E-state index is 13.0. The number of rotatable bonds is 3. The molecule has 0 aliphatic carbocycles. The average molecular weight is 227 g/mol. The molecule has 0 aromatic heterocycles. The van der Waals surface area contributed by atoms with Crippen LogP contribution >= 0.6 is 0 Å². The van der Waals surface area contributed by atoms with E-state index < -0.39 is 17.1 Å². The zero-order valence-electron chi connectivity index (χ0n) is 9.74. The lowest BCUT2D eigenvalue weighted by Gasteiger charge is -2.41. The summed E-state index contributed by atoms with van der Waals surface area (Å²) in [5.74, 6) is -0.772. The largest absolute Gasteiger partial charge is 0.385 e. The van der Waals surface area contributed by atoms with Crippen LogP contribution in [-0.2, 0) is 5.72 Å². The minimum atomic E-state index is -1.98. The molecule has 0 aliphatic rings. The first-order valence-corrected chi connectivity index (χ1v) is 5.19. The normalized spacial score (nSPS) is 19.2. The van der Waals surface area contributed by atoms with Gasteiger partial charge in [0.05, 0.1) is 0 Å². The van der Waals surface area contributed by atoms with Crippen molar-refractivity contribution < 1.29 is 14.6 Å². The van der Waals surface area contributed by atoms with Crippen LogP contribution in [0.5, 0.6) is 0 Å². The SMILES string of the molecule is CC(C)C(C)(O)C(N)(O)c1cccc(F)c1. The van der Waals surface area contributed by atoms with Crippen LogP contribution in [0, 0.1) is 11.7 Å². The summed E-state index contributed by atoms with van der Waals surface area (Å²) < 4.78 is 13.0. The van der Waals surface area contributed by atoms with E-state index in [0.717, 1.165) is 6.07 Å². The predicted octanol–water partition coefficient (Wildman–Crippen LogP) is 1.34. The lowest BCUT2D eigenvalue weighted by Crippen LogP contribution is -2.59. The Labute approximate surface area is 94.7 Å². The van der Waals surface area contributed by atoms with Crippen molar-refractivity contribution in [1.82, 2.24) is 0 Å². The maximum absolute atomic E-state index is 13.0. The Bertz CT molecular complexity index is 375. The number of halogens is 1. The lowest BCUT2D eigenvalue weighted by molar-refractivity contribution is -0.168. The zero-order valence-corrected chi connectivity index (χ0v) is 9.74. The molecule has 16 heavy (non-hydrogen) atoms. The molecule has 0 amide bonds. The Morgan fingerprint density at radius 3 is 2.31 bits per heavy atom. The van der Waals surface area contributed by atoms with Gasteiger partial charge in [0.2, 0.25) is 0 Å². The monoisotopic (exact) mass is 227 g/mol. The number of hydrogen-bond donors (Lipinski definition) is 3. The molecule has 0 aliphatic heterocycles. The molecule has 0 saturated heterocycles. The van der Waals surface area contributed by atoms with E-state index in [0.29, 0.717) is 0 Å². The molecule has 0 fully saturated rings. The highest BCUT2D eigenvalue weighted by Crippen LogP contribution is 2.33. The molecule has 90 valence electrons.